The second kappa shape index (κ2) is 6.06. The standard InChI is InChI=1S/C16H16N4O/c1-11-8-12(4-6-18-11)14-9-13(10-17)16(21)19-15(14)5-7-20(2)3/h4-9H,1-3H3,(H,19,21)/b7-5+. The van der Waals surface area contributed by atoms with Gasteiger partial charge in [0.2, 0.25) is 0 Å². The maximum Gasteiger partial charge on any atom is 0.266 e. The molecule has 2 aromatic rings. The topological polar surface area (TPSA) is 72.8 Å². The number of H-pyrrole nitrogens is 1. The lowest BCUT2D eigenvalue weighted by molar-refractivity contribution is 0.567. The van der Waals surface area contributed by atoms with Crippen LogP contribution in [0.3, 0.4) is 0 Å². The predicted molar refractivity (Wildman–Crippen MR) is 82.5 cm³/mol. The maximum absolute atomic E-state index is 11.8. The van der Waals surface area contributed by atoms with E-state index in [4.69, 9.17) is 5.26 Å². The average molecular weight is 280 g/mol. The minimum Gasteiger partial charge on any atom is -0.383 e. The van der Waals surface area contributed by atoms with Crippen molar-refractivity contribution in [3.63, 3.8) is 0 Å². The van der Waals surface area contributed by atoms with E-state index in [0.29, 0.717) is 5.69 Å². The molecule has 2 heterocycles. The molecular weight excluding hydrogens is 264 g/mol. The highest BCUT2D eigenvalue weighted by atomic mass is 16.1. The molecule has 2 rings (SSSR count). The van der Waals surface area contributed by atoms with Gasteiger partial charge in [-0.25, -0.2) is 0 Å². The smallest absolute Gasteiger partial charge is 0.266 e. The van der Waals surface area contributed by atoms with Gasteiger partial charge in [0.05, 0.1) is 5.69 Å². The minimum atomic E-state index is -0.384. The molecule has 21 heavy (non-hydrogen) atoms. The Hall–Kier alpha value is -2.87. The Balaban J connectivity index is 2.67. The summed E-state index contributed by atoms with van der Waals surface area (Å²) in [7, 11) is 3.79. The molecule has 0 unspecified atom stereocenters. The summed E-state index contributed by atoms with van der Waals surface area (Å²) in [6.45, 7) is 1.90. The van der Waals surface area contributed by atoms with E-state index >= 15 is 0 Å². The van der Waals surface area contributed by atoms with Gasteiger partial charge in [-0.15, -0.1) is 0 Å². The highest BCUT2D eigenvalue weighted by Crippen LogP contribution is 2.23. The third kappa shape index (κ3) is 3.37. The lowest BCUT2D eigenvalue weighted by Gasteiger charge is -2.09. The lowest BCUT2D eigenvalue weighted by atomic mass is 10.0. The fraction of sp³-hybridized carbons (Fsp3) is 0.188. The van der Waals surface area contributed by atoms with E-state index in [1.807, 2.05) is 56.4 Å². The molecule has 106 valence electrons. The Morgan fingerprint density at radius 1 is 1.38 bits per heavy atom. The molecule has 0 saturated carbocycles. The fourth-order valence-corrected chi connectivity index (χ4v) is 1.93. The Morgan fingerprint density at radius 3 is 2.76 bits per heavy atom. The van der Waals surface area contributed by atoms with Gasteiger partial charge in [0.25, 0.3) is 5.56 Å². The minimum absolute atomic E-state index is 0.0986. The van der Waals surface area contributed by atoms with E-state index in [1.165, 1.54) is 0 Å². The molecule has 0 aromatic carbocycles. The maximum atomic E-state index is 11.8. The van der Waals surface area contributed by atoms with E-state index in [9.17, 15) is 4.79 Å². The van der Waals surface area contributed by atoms with Crippen molar-refractivity contribution in [2.24, 2.45) is 0 Å². The van der Waals surface area contributed by atoms with Crippen LogP contribution in [0.15, 0.2) is 35.4 Å². The van der Waals surface area contributed by atoms with Crippen LogP contribution in [0.2, 0.25) is 0 Å². The molecule has 1 N–H and O–H groups in total. The van der Waals surface area contributed by atoms with Gasteiger partial charge in [-0.2, -0.15) is 5.26 Å². The summed E-state index contributed by atoms with van der Waals surface area (Å²) in [6, 6.07) is 7.31. The summed E-state index contributed by atoms with van der Waals surface area (Å²) in [5, 5.41) is 9.04. The van der Waals surface area contributed by atoms with Crippen molar-refractivity contribution in [1.82, 2.24) is 14.9 Å². The monoisotopic (exact) mass is 280 g/mol. The number of hydrogen-bond acceptors (Lipinski definition) is 4. The van der Waals surface area contributed by atoms with Gasteiger partial charge in [0.1, 0.15) is 11.6 Å². The van der Waals surface area contributed by atoms with E-state index in [1.54, 1.807) is 12.3 Å². The van der Waals surface area contributed by atoms with Crippen molar-refractivity contribution in [1.29, 1.82) is 5.26 Å². The van der Waals surface area contributed by atoms with Crippen LogP contribution in [0.25, 0.3) is 17.2 Å². The van der Waals surface area contributed by atoms with Crippen LogP contribution >= 0.6 is 0 Å². The Kier molecular flexibility index (Phi) is 4.19. The molecule has 0 fully saturated rings. The first-order valence-corrected chi connectivity index (χ1v) is 6.46. The number of pyridine rings is 2. The number of aromatic nitrogens is 2. The number of aryl methyl sites for hydroxylation is 1. The van der Waals surface area contributed by atoms with Crippen molar-refractivity contribution >= 4 is 6.08 Å². The molecule has 5 nitrogen and oxygen atoms in total. The first-order chi connectivity index (χ1) is 10.0. The third-order valence-corrected chi connectivity index (χ3v) is 2.94. The molecule has 5 heteroatoms. The summed E-state index contributed by atoms with van der Waals surface area (Å²) in [5.41, 5.74) is 2.97. The number of rotatable bonds is 3. The zero-order valence-electron chi connectivity index (χ0n) is 12.2. The van der Waals surface area contributed by atoms with Crippen LogP contribution in [0, 0.1) is 18.3 Å². The second-order valence-corrected chi connectivity index (χ2v) is 4.92. The van der Waals surface area contributed by atoms with Crippen LogP contribution in [-0.4, -0.2) is 29.0 Å². The summed E-state index contributed by atoms with van der Waals surface area (Å²) in [4.78, 5) is 20.6. The van der Waals surface area contributed by atoms with E-state index in [2.05, 4.69) is 9.97 Å². The van der Waals surface area contributed by atoms with Gasteiger partial charge in [-0.1, -0.05) is 0 Å². The van der Waals surface area contributed by atoms with Crippen molar-refractivity contribution in [3.05, 3.63) is 57.9 Å². The molecule has 0 amide bonds. The van der Waals surface area contributed by atoms with Crippen molar-refractivity contribution in [2.75, 3.05) is 14.1 Å². The van der Waals surface area contributed by atoms with Gasteiger partial charge >= 0.3 is 0 Å². The average Bonchev–Trinajstić information content (AvgIpc) is 2.45. The number of nitrogens with one attached hydrogen (secondary N) is 1. The summed E-state index contributed by atoms with van der Waals surface area (Å²) < 4.78 is 0. The molecule has 0 aliphatic rings. The van der Waals surface area contributed by atoms with Gasteiger partial charge < -0.3 is 9.88 Å². The van der Waals surface area contributed by atoms with Crippen molar-refractivity contribution in [2.45, 2.75) is 6.92 Å². The van der Waals surface area contributed by atoms with Crippen LogP contribution in [-0.2, 0) is 0 Å². The zero-order valence-corrected chi connectivity index (χ0v) is 12.2. The number of hydrogen-bond donors (Lipinski definition) is 1. The van der Waals surface area contributed by atoms with E-state index in [0.717, 1.165) is 16.8 Å². The van der Waals surface area contributed by atoms with Crippen LogP contribution < -0.4 is 5.56 Å². The molecular formula is C16H16N4O. The zero-order chi connectivity index (χ0) is 15.4. The van der Waals surface area contributed by atoms with Gasteiger partial charge in [-0.3, -0.25) is 9.78 Å². The summed E-state index contributed by atoms with van der Waals surface area (Å²) in [5.74, 6) is 0. The molecule has 0 radical (unpaired) electrons. The van der Waals surface area contributed by atoms with Gasteiger partial charge in [0.15, 0.2) is 0 Å². The number of nitrogens with zero attached hydrogens (tertiary/aromatic N) is 3. The molecule has 0 atom stereocenters. The highest BCUT2D eigenvalue weighted by Gasteiger charge is 2.09. The summed E-state index contributed by atoms with van der Waals surface area (Å²) in [6.07, 6.45) is 5.36. The van der Waals surface area contributed by atoms with Crippen LogP contribution in [0.5, 0.6) is 0 Å². The molecule has 2 aromatic heterocycles. The van der Waals surface area contributed by atoms with E-state index in [-0.39, 0.29) is 11.1 Å². The van der Waals surface area contributed by atoms with Gasteiger partial charge in [0, 0.05) is 37.7 Å². The van der Waals surface area contributed by atoms with Crippen molar-refractivity contribution < 1.29 is 0 Å². The first-order valence-electron chi connectivity index (χ1n) is 6.46. The molecule has 0 aliphatic heterocycles. The largest absolute Gasteiger partial charge is 0.383 e. The van der Waals surface area contributed by atoms with Crippen LogP contribution in [0.1, 0.15) is 17.0 Å². The lowest BCUT2D eigenvalue weighted by Crippen LogP contribution is -2.12. The predicted octanol–water partition coefficient (Wildman–Crippen LogP) is 2.15. The first kappa shape index (κ1) is 14.5. The molecule has 0 bridgehead atoms. The third-order valence-electron chi connectivity index (χ3n) is 2.94. The summed E-state index contributed by atoms with van der Waals surface area (Å²) >= 11 is 0. The molecule has 0 saturated heterocycles. The Bertz CT molecular complexity index is 782. The molecule has 0 aliphatic carbocycles. The quantitative estimate of drug-likeness (QED) is 0.935. The van der Waals surface area contributed by atoms with Crippen LogP contribution in [0.4, 0.5) is 0 Å². The SMILES string of the molecule is Cc1cc(-c2cc(C#N)c(=O)[nH]c2/C=C/N(C)C)ccn1. The van der Waals surface area contributed by atoms with Crippen molar-refractivity contribution in [3.8, 4) is 17.2 Å². The fourth-order valence-electron chi connectivity index (χ4n) is 1.93. The van der Waals surface area contributed by atoms with E-state index < -0.39 is 0 Å². The number of nitriles is 1. The second-order valence-electron chi connectivity index (χ2n) is 4.92. The Morgan fingerprint density at radius 2 is 2.14 bits per heavy atom. The molecule has 0 spiro atoms. The van der Waals surface area contributed by atoms with Gasteiger partial charge in [-0.05, 0) is 36.8 Å². The Labute approximate surface area is 123 Å². The highest BCUT2D eigenvalue weighted by molar-refractivity contribution is 5.74. The normalized spacial score (nSPS) is 10.6. The number of aromatic amines is 1.